The maximum Gasteiger partial charge on any atom is 0.0664 e. The molecule has 1 aliphatic carbocycles. The molecule has 3 unspecified atom stereocenters. The van der Waals surface area contributed by atoms with Gasteiger partial charge in [0.15, 0.2) is 0 Å². The van der Waals surface area contributed by atoms with Crippen molar-refractivity contribution < 1.29 is 5.11 Å². The second kappa shape index (κ2) is 7.70. The highest BCUT2D eigenvalue weighted by Crippen LogP contribution is 2.36. The molecule has 0 aromatic heterocycles. The van der Waals surface area contributed by atoms with Crippen LogP contribution in [0.1, 0.15) is 39.0 Å². The molecule has 0 spiro atoms. The SMILES string of the molecule is CCC1CCCCC1C(O)CSc1cccc(Br)c1. The molecule has 19 heavy (non-hydrogen) atoms. The third kappa shape index (κ3) is 4.51. The van der Waals surface area contributed by atoms with Gasteiger partial charge in [-0.05, 0) is 36.5 Å². The molecule has 0 radical (unpaired) electrons. The van der Waals surface area contributed by atoms with Crippen LogP contribution in [0.5, 0.6) is 0 Å². The van der Waals surface area contributed by atoms with Gasteiger partial charge < -0.3 is 5.11 Å². The van der Waals surface area contributed by atoms with Crippen molar-refractivity contribution in [1.29, 1.82) is 0 Å². The molecule has 1 aromatic rings. The fraction of sp³-hybridized carbons (Fsp3) is 0.625. The maximum absolute atomic E-state index is 10.5. The van der Waals surface area contributed by atoms with E-state index >= 15 is 0 Å². The molecule has 1 aromatic carbocycles. The number of benzene rings is 1. The van der Waals surface area contributed by atoms with E-state index in [0.717, 1.165) is 16.1 Å². The van der Waals surface area contributed by atoms with Gasteiger partial charge >= 0.3 is 0 Å². The Bertz CT molecular complexity index is 396. The Kier molecular flexibility index (Phi) is 6.24. The van der Waals surface area contributed by atoms with E-state index in [9.17, 15) is 5.11 Å². The summed E-state index contributed by atoms with van der Waals surface area (Å²) in [5.74, 6) is 2.06. The minimum absolute atomic E-state index is 0.158. The van der Waals surface area contributed by atoms with Crippen LogP contribution in [-0.4, -0.2) is 17.0 Å². The third-order valence-corrected chi connectivity index (χ3v) is 5.79. The molecule has 1 fully saturated rings. The second-order valence-electron chi connectivity index (χ2n) is 5.45. The van der Waals surface area contributed by atoms with Gasteiger partial charge in [0.25, 0.3) is 0 Å². The molecular formula is C16H23BrOS. The van der Waals surface area contributed by atoms with Gasteiger partial charge in [-0.2, -0.15) is 0 Å². The van der Waals surface area contributed by atoms with Gasteiger partial charge in [-0.25, -0.2) is 0 Å². The van der Waals surface area contributed by atoms with E-state index < -0.39 is 0 Å². The van der Waals surface area contributed by atoms with Crippen LogP contribution in [0.3, 0.4) is 0 Å². The van der Waals surface area contributed by atoms with Crippen LogP contribution in [0.15, 0.2) is 33.6 Å². The average molecular weight is 343 g/mol. The maximum atomic E-state index is 10.5. The number of hydrogen-bond donors (Lipinski definition) is 1. The molecule has 0 bridgehead atoms. The lowest BCUT2D eigenvalue weighted by Crippen LogP contribution is -2.32. The molecule has 0 saturated heterocycles. The lowest BCUT2D eigenvalue weighted by Gasteiger charge is -2.34. The first-order chi connectivity index (χ1) is 9.20. The quantitative estimate of drug-likeness (QED) is 0.749. The molecule has 0 heterocycles. The zero-order valence-electron chi connectivity index (χ0n) is 11.5. The first-order valence-electron chi connectivity index (χ1n) is 7.27. The summed E-state index contributed by atoms with van der Waals surface area (Å²) in [4.78, 5) is 1.23. The highest BCUT2D eigenvalue weighted by Gasteiger charge is 2.29. The fourth-order valence-electron chi connectivity index (χ4n) is 3.11. The van der Waals surface area contributed by atoms with Gasteiger partial charge in [-0.1, -0.05) is 54.6 Å². The smallest absolute Gasteiger partial charge is 0.0664 e. The molecule has 1 nitrogen and oxygen atoms in total. The summed E-state index contributed by atoms with van der Waals surface area (Å²) in [6, 6.07) is 8.32. The predicted octanol–water partition coefficient (Wildman–Crippen LogP) is 5.12. The van der Waals surface area contributed by atoms with Crippen molar-refractivity contribution in [2.24, 2.45) is 11.8 Å². The summed E-state index contributed by atoms with van der Waals surface area (Å²) >= 11 is 5.26. The average Bonchev–Trinajstić information content (AvgIpc) is 2.45. The minimum Gasteiger partial charge on any atom is -0.392 e. The van der Waals surface area contributed by atoms with Gasteiger partial charge in [-0.15, -0.1) is 11.8 Å². The first kappa shape index (κ1) is 15.4. The van der Waals surface area contributed by atoms with Gasteiger partial charge in [0.1, 0.15) is 0 Å². The summed E-state index contributed by atoms with van der Waals surface area (Å²) in [6.45, 7) is 2.26. The molecule has 1 N–H and O–H groups in total. The van der Waals surface area contributed by atoms with E-state index in [4.69, 9.17) is 0 Å². The highest BCUT2D eigenvalue weighted by molar-refractivity contribution is 9.10. The molecule has 1 aliphatic rings. The van der Waals surface area contributed by atoms with Gasteiger partial charge in [0.2, 0.25) is 0 Å². The molecule has 2 rings (SSSR count). The monoisotopic (exact) mass is 342 g/mol. The van der Waals surface area contributed by atoms with Crippen LogP contribution < -0.4 is 0 Å². The molecule has 0 amide bonds. The molecule has 0 aliphatic heterocycles. The van der Waals surface area contributed by atoms with Crippen LogP contribution in [-0.2, 0) is 0 Å². The van der Waals surface area contributed by atoms with E-state index in [0.29, 0.717) is 5.92 Å². The number of aliphatic hydroxyl groups excluding tert-OH is 1. The first-order valence-corrected chi connectivity index (χ1v) is 9.05. The summed E-state index contributed by atoms with van der Waals surface area (Å²) < 4.78 is 1.11. The molecule has 3 atom stereocenters. The Labute approximate surface area is 129 Å². The summed E-state index contributed by atoms with van der Waals surface area (Å²) in [5, 5.41) is 10.5. The van der Waals surface area contributed by atoms with Crippen LogP contribution in [0, 0.1) is 11.8 Å². The van der Waals surface area contributed by atoms with Crippen molar-refractivity contribution in [2.75, 3.05) is 5.75 Å². The number of hydrogen-bond acceptors (Lipinski definition) is 2. The topological polar surface area (TPSA) is 20.2 Å². The van der Waals surface area contributed by atoms with E-state index in [1.54, 1.807) is 11.8 Å². The van der Waals surface area contributed by atoms with Gasteiger partial charge in [0.05, 0.1) is 6.10 Å². The van der Waals surface area contributed by atoms with Crippen molar-refractivity contribution in [3.05, 3.63) is 28.7 Å². The third-order valence-electron chi connectivity index (χ3n) is 4.20. The van der Waals surface area contributed by atoms with E-state index in [1.165, 1.54) is 37.0 Å². The second-order valence-corrected chi connectivity index (χ2v) is 7.46. The number of rotatable bonds is 5. The summed E-state index contributed by atoms with van der Waals surface area (Å²) in [6.07, 6.45) is 6.21. The van der Waals surface area contributed by atoms with Crippen molar-refractivity contribution in [3.63, 3.8) is 0 Å². The van der Waals surface area contributed by atoms with E-state index in [1.807, 2.05) is 12.1 Å². The number of aliphatic hydroxyl groups is 1. The molecule has 3 heteroatoms. The Morgan fingerprint density at radius 3 is 2.89 bits per heavy atom. The van der Waals surface area contributed by atoms with E-state index in [-0.39, 0.29) is 6.10 Å². The Balaban J connectivity index is 1.87. The van der Waals surface area contributed by atoms with Crippen molar-refractivity contribution in [2.45, 2.75) is 50.0 Å². The van der Waals surface area contributed by atoms with Crippen LogP contribution >= 0.6 is 27.7 Å². The van der Waals surface area contributed by atoms with E-state index in [2.05, 4.69) is 35.0 Å². The summed E-state index contributed by atoms with van der Waals surface area (Å²) in [5.41, 5.74) is 0. The molecule has 1 saturated carbocycles. The highest BCUT2D eigenvalue weighted by atomic mass is 79.9. The van der Waals surface area contributed by atoms with Crippen LogP contribution in [0.25, 0.3) is 0 Å². The Hall–Kier alpha value is 0.01000. The number of thioether (sulfide) groups is 1. The standard InChI is InChI=1S/C16H23BrOS/c1-2-12-6-3-4-9-15(12)16(18)11-19-14-8-5-7-13(17)10-14/h5,7-8,10,12,15-16,18H,2-4,6,9,11H2,1H3. The van der Waals surface area contributed by atoms with Crippen molar-refractivity contribution >= 4 is 27.7 Å². The lowest BCUT2D eigenvalue weighted by molar-refractivity contribution is 0.0629. The van der Waals surface area contributed by atoms with Crippen molar-refractivity contribution in [3.8, 4) is 0 Å². The van der Waals surface area contributed by atoms with Gasteiger partial charge in [0, 0.05) is 15.1 Å². The fourth-order valence-corrected chi connectivity index (χ4v) is 4.66. The van der Waals surface area contributed by atoms with Crippen molar-refractivity contribution in [1.82, 2.24) is 0 Å². The van der Waals surface area contributed by atoms with Gasteiger partial charge in [-0.3, -0.25) is 0 Å². The summed E-state index contributed by atoms with van der Waals surface area (Å²) in [7, 11) is 0. The van der Waals surface area contributed by atoms with Crippen LogP contribution in [0.2, 0.25) is 0 Å². The van der Waals surface area contributed by atoms with Crippen LogP contribution in [0.4, 0.5) is 0 Å². The lowest BCUT2D eigenvalue weighted by atomic mass is 9.75. The predicted molar refractivity (Wildman–Crippen MR) is 86.6 cm³/mol. The zero-order chi connectivity index (χ0) is 13.7. The Morgan fingerprint density at radius 1 is 1.37 bits per heavy atom. The Morgan fingerprint density at radius 2 is 2.16 bits per heavy atom. The minimum atomic E-state index is -0.158. The normalized spacial score (nSPS) is 25.2. The molecular weight excluding hydrogens is 320 g/mol. The molecule has 106 valence electrons. The largest absolute Gasteiger partial charge is 0.392 e. The number of halogens is 1. The zero-order valence-corrected chi connectivity index (χ0v) is 13.9.